The van der Waals surface area contributed by atoms with Crippen LogP contribution in [0.1, 0.15) is 96.1 Å². The van der Waals surface area contributed by atoms with E-state index in [0.29, 0.717) is 18.9 Å². The number of aromatic nitrogens is 2. The van der Waals surface area contributed by atoms with Crippen molar-refractivity contribution in [2.24, 2.45) is 5.92 Å². The predicted molar refractivity (Wildman–Crippen MR) is 128 cm³/mol. The van der Waals surface area contributed by atoms with Gasteiger partial charge in [-0.15, -0.1) is 0 Å². The van der Waals surface area contributed by atoms with Gasteiger partial charge in [0.2, 0.25) is 0 Å². The molecule has 0 N–H and O–H groups in total. The second-order valence-corrected chi connectivity index (χ2v) is 8.86. The summed E-state index contributed by atoms with van der Waals surface area (Å²) in [6, 6.07) is 8.21. The molecule has 0 saturated heterocycles. The van der Waals surface area contributed by atoms with Gasteiger partial charge < -0.3 is 4.74 Å². The summed E-state index contributed by atoms with van der Waals surface area (Å²) < 4.78 is 5.38. The van der Waals surface area contributed by atoms with E-state index in [2.05, 4.69) is 49.8 Å². The third kappa shape index (κ3) is 9.20. The Morgan fingerprint density at radius 3 is 2.23 bits per heavy atom. The SMILES string of the molecule is CCCCCCCCc1cnc(-c2ccc(C(C)CC(=O)OCC(C)CC)cc2)nc1. The van der Waals surface area contributed by atoms with E-state index in [1.165, 1.54) is 44.1 Å². The number of rotatable bonds is 14. The number of ether oxygens (including phenoxy) is 1. The molecule has 4 nitrogen and oxygen atoms in total. The van der Waals surface area contributed by atoms with E-state index in [4.69, 9.17) is 4.74 Å². The normalized spacial score (nSPS) is 13.0. The van der Waals surface area contributed by atoms with Crippen molar-refractivity contribution in [3.05, 3.63) is 47.8 Å². The van der Waals surface area contributed by atoms with Crippen LogP contribution in [0.25, 0.3) is 11.4 Å². The Morgan fingerprint density at radius 1 is 0.935 bits per heavy atom. The van der Waals surface area contributed by atoms with Crippen molar-refractivity contribution in [2.45, 2.75) is 91.4 Å². The van der Waals surface area contributed by atoms with E-state index in [1.54, 1.807) is 0 Å². The van der Waals surface area contributed by atoms with Gasteiger partial charge in [-0.05, 0) is 35.8 Å². The largest absolute Gasteiger partial charge is 0.465 e. The van der Waals surface area contributed by atoms with E-state index < -0.39 is 0 Å². The van der Waals surface area contributed by atoms with Crippen LogP contribution in [0.3, 0.4) is 0 Å². The zero-order chi connectivity index (χ0) is 22.5. The molecule has 0 aliphatic rings. The second-order valence-electron chi connectivity index (χ2n) is 8.86. The standard InChI is InChI=1S/C27H40N2O2/c1-5-7-8-9-10-11-12-23-18-28-27(29-19-23)25-15-13-24(14-16-25)22(4)17-26(30)31-20-21(3)6-2/h13-16,18-19,21-22H,5-12,17,20H2,1-4H3. The van der Waals surface area contributed by atoms with Gasteiger partial charge in [0.15, 0.2) is 5.82 Å². The van der Waals surface area contributed by atoms with E-state index in [9.17, 15) is 4.79 Å². The van der Waals surface area contributed by atoms with Gasteiger partial charge in [0, 0.05) is 18.0 Å². The van der Waals surface area contributed by atoms with Crippen LogP contribution in [0.5, 0.6) is 0 Å². The molecule has 170 valence electrons. The van der Waals surface area contributed by atoms with E-state index in [1.807, 2.05) is 24.5 Å². The minimum atomic E-state index is -0.124. The topological polar surface area (TPSA) is 52.1 Å². The van der Waals surface area contributed by atoms with Crippen molar-refractivity contribution < 1.29 is 9.53 Å². The van der Waals surface area contributed by atoms with Gasteiger partial charge >= 0.3 is 5.97 Å². The molecule has 2 unspecified atom stereocenters. The maximum atomic E-state index is 12.1. The van der Waals surface area contributed by atoms with Gasteiger partial charge in [-0.1, -0.05) is 90.5 Å². The van der Waals surface area contributed by atoms with Gasteiger partial charge in [-0.2, -0.15) is 0 Å². The Hall–Kier alpha value is -2.23. The quantitative estimate of drug-likeness (QED) is 0.239. The average molecular weight is 425 g/mol. The number of nitrogens with zero attached hydrogens (tertiary/aromatic N) is 2. The first-order valence-electron chi connectivity index (χ1n) is 12.1. The van der Waals surface area contributed by atoms with Gasteiger partial charge in [0.1, 0.15) is 0 Å². The van der Waals surface area contributed by atoms with Crippen molar-refractivity contribution in [3.63, 3.8) is 0 Å². The smallest absolute Gasteiger partial charge is 0.306 e. The average Bonchev–Trinajstić information content (AvgIpc) is 2.80. The summed E-state index contributed by atoms with van der Waals surface area (Å²) in [7, 11) is 0. The predicted octanol–water partition coefficient (Wildman–Crippen LogP) is 7.13. The highest BCUT2D eigenvalue weighted by Crippen LogP contribution is 2.23. The van der Waals surface area contributed by atoms with Crippen molar-refractivity contribution in [1.82, 2.24) is 9.97 Å². The summed E-state index contributed by atoms with van der Waals surface area (Å²) >= 11 is 0. The molecule has 0 amide bonds. The zero-order valence-electron chi connectivity index (χ0n) is 19.9. The van der Waals surface area contributed by atoms with Crippen LogP contribution >= 0.6 is 0 Å². The summed E-state index contributed by atoms with van der Waals surface area (Å²) in [6.45, 7) is 9.02. The van der Waals surface area contributed by atoms with E-state index in [-0.39, 0.29) is 11.9 Å². The first-order chi connectivity index (χ1) is 15.0. The summed E-state index contributed by atoms with van der Waals surface area (Å²) in [6.07, 6.45) is 14.2. The highest BCUT2D eigenvalue weighted by molar-refractivity contribution is 5.70. The molecule has 1 aromatic heterocycles. The second kappa shape index (κ2) is 14.0. The van der Waals surface area contributed by atoms with Gasteiger partial charge in [-0.25, -0.2) is 9.97 Å². The van der Waals surface area contributed by atoms with Crippen LogP contribution in [-0.4, -0.2) is 22.5 Å². The number of benzene rings is 1. The summed E-state index contributed by atoms with van der Waals surface area (Å²) in [5, 5.41) is 0. The maximum Gasteiger partial charge on any atom is 0.306 e. The summed E-state index contributed by atoms with van der Waals surface area (Å²) in [5.41, 5.74) is 3.34. The molecule has 1 heterocycles. The number of hydrogen-bond acceptors (Lipinski definition) is 4. The van der Waals surface area contributed by atoms with Gasteiger partial charge in [0.05, 0.1) is 13.0 Å². The van der Waals surface area contributed by atoms with E-state index >= 15 is 0 Å². The Kier molecular flexibility index (Phi) is 11.3. The summed E-state index contributed by atoms with van der Waals surface area (Å²) in [4.78, 5) is 21.2. The monoisotopic (exact) mass is 424 g/mol. The van der Waals surface area contributed by atoms with Crippen LogP contribution < -0.4 is 0 Å². The summed E-state index contributed by atoms with van der Waals surface area (Å²) in [5.74, 6) is 1.16. The number of carbonyl (C=O) groups excluding carboxylic acids is 1. The van der Waals surface area contributed by atoms with Crippen molar-refractivity contribution in [1.29, 1.82) is 0 Å². The first kappa shape index (κ1) is 25.0. The van der Waals surface area contributed by atoms with E-state index in [0.717, 1.165) is 29.8 Å². The highest BCUT2D eigenvalue weighted by atomic mass is 16.5. The molecule has 2 atom stereocenters. The molecule has 0 bridgehead atoms. The van der Waals surface area contributed by atoms with Crippen LogP contribution in [-0.2, 0) is 16.0 Å². The molecule has 0 radical (unpaired) electrons. The molecule has 2 rings (SSSR count). The van der Waals surface area contributed by atoms with Crippen LogP contribution in [0.4, 0.5) is 0 Å². The third-order valence-corrected chi connectivity index (χ3v) is 5.96. The van der Waals surface area contributed by atoms with Crippen molar-refractivity contribution in [3.8, 4) is 11.4 Å². The maximum absolute atomic E-state index is 12.1. The van der Waals surface area contributed by atoms with Crippen LogP contribution in [0.2, 0.25) is 0 Å². The Balaban J connectivity index is 1.82. The number of unbranched alkanes of at least 4 members (excludes halogenated alkanes) is 5. The molecule has 0 saturated carbocycles. The number of carbonyl (C=O) groups is 1. The molecule has 31 heavy (non-hydrogen) atoms. The molecular weight excluding hydrogens is 384 g/mol. The zero-order valence-corrected chi connectivity index (χ0v) is 19.9. The fraction of sp³-hybridized carbons (Fsp3) is 0.593. The highest BCUT2D eigenvalue weighted by Gasteiger charge is 2.14. The van der Waals surface area contributed by atoms with Gasteiger partial charge in [0.25, 0.3) is 0 Å². The third-order valence-electron chi connectivity index (χ3n) is 5.96. The lowest BCUT2D eigenvalue weighted by Gasteiger charge is -2.14. The molecular formula is C27H40N2O2. The molecule has 0 spiro atoms. The molecule has 0 aliphatic carbocycles. The fourth-order valence-electron chi connectivity index (χ4n) is 3.48. The fourth-order valence-corrected chi connectivity index (χ4v) is 3.48. The Labute approximate surface area is 188 Å². The minimum Gasteiger partial charge on any atom is -0.465 e. The van der Waals surface area contributed by atoms with Crippen molar-refractivity contribution in [2.75, 3.05) is 6.61 Å². The lowest BCUT2D eigenvalue weighted by molar-refractivity contribution is -0.145. The van der Waals surface area contributed by atoms with Crippen LogP contribution in [0, 0.1) is 5.92 Å². The molecule has 2 aromatic rings. The molecule has 4 heteroatoms. The Morgan fingerprint density at radius 2 is 1.58 bits per heavy atom. The number of esters is 1. The lowest BCUT2D eigenvalue weighted by atomic mass is 9.96. The number of hydrogen-bond donors (Lipinski definition) is 0. The van der Waals surface area contributed by atoms with Crippen molar-refractivity contribution >= 4 is 5.97 Å². The molecule has 1 aromatic carbocycles. The molecule has 0 aliphatic heterocycles. The Bertz CT molecular complexity index is 756. The molecule has 0 fully saturated rings. The van der Waals surface area contributed by atoms with Crippen LogP contribution in [0.15, 0.2) is 36.7 Å². The first-order valence-corrected chi connectivity index (χ1v) is 12.1. The van der Waals surface area contributed by atoms with Gasteiger partial charge in [-0.3, -0.25) is 4.79 Å². The minimum absolute atomic E-state index is 0.124. The number of aryl methyl sites for hydroxylation is 1. The lowest BCUT2D eigenvalue weighted by Crippen LogP contribution is -2.13.